The van der Waals surface area contributed by atoms with Crippen molar-refractivity contribution in [3.63, 3.8) is 0 Å². The molecule has 0 aliphatic carbocycles. The van der Waals surface area contributed by atoms with Crippen LogP contribution in [0, 0.1) is 0 Å². The highest BCUT2D eigenvalue weighted by Crippen LogP contribution is 2.14. The van der Waals surface area contributed by atoms with E-state index in [0.717, 1.165) is 19.6 Å². The minimum absolute atomic E-state index is 0.212. The summed E-state index contributed by atoms with van der Waals surface area (Å²) >= 11 is 4.41. The van der Waals surface area contributed by atoms with Crippen LogP contribution < -0.4 is 0 Å². The fourth-order valence-corrected chi connectivity index (χ4v) is 1.82. The molecule has 4 heteroatoms. The zero-order chi connectivity index (χ0) is 9.14. The molecule has 0 saturated carbocycles. The van der Waals surface area contributed by atoms with Gasteiger partial charge in [-0.3, -0.25) is 0 Å². The molecule has 3 nitrogen and oxygen atoms in total. The number of rotatable bonds is 3. The summed E-state index contributed by atoms with van der Waals surface area (Å²) in [5.41, 5.74) is 0. The van der Waals surface area contributed by atoms with Crippen LogP contribution in [0.2, 0.25) is 0 Å². The lowest BCUT2D eigenvalue weighted by Crippen LogP contribution is -2.37. The molecule has 72 valence electrons. The summed E-state index contributed by atoms with van der Waals surface area (Å²) in [5.74, 6) is 0. The lowest BCUT2D eigenvalue weighted by Gasteiger charge is -2.23. The third kappa shape index (κ3) is 2.94. The van der Waals surface area contributed by atoms with Gasteiger partial charge in [-0.2, -0.15) is 17.7 Å². The predicted octanol–water partition coefficient (Wildman–Crippen LogP) is 0.700. The van der Waals surface area contributed by atoms with Crippen molar-refractivity contribution in [1.82, 2.24) is 9.96 Å². The molecule has 1 aliphatic heterocycles. The Morgan fingerprint density at radius 2 is 2.42 bits per heavy atom. The second-order valence-electron chi connectivity index (χ2n) is 3.62. The van der Waals surface area contributed by atoms with Gasteiger partial charge in [-0.05, 0) is 19.9 Å². The third-order valence-corrected chi connectivity index (χ3v) is 2.83. The van der Waals surface area contributed by atoms with E-state index in [2.05, 4.69) is 17.5 Å². The molecule has 12 heavy (non-hydrogen) atoms. The second kappa shape index (κ2) is 4.46. The second-order valence-corrected chi connectivity index (χ2v) is 4.36. The molecule has 1 N–H and O–H groups in total. The summed E-state index contributed by atoms with van der Waals surface area (Å²) in [6, 6.07) is 0.212. The fraction of sp³-hybridized carbons (Fsp3) is 1.00. The number of likely N-dealkylation sites (N-methyl/N-ethyl adjacent to an activating group) is 1. The summed E-state index contributed by atoms with van der Waals surface area (Å²) in [4.78, 5) is 2.34. The van der Waals surface area contributed by atoms with Gasteiger partial charge in [-0.25, -0.2) is 0 Å². The Morgan fingerprint density at radius 1 is 1.75 bits per heavy atom. The van der Waals surface area contributed by atoms with Crippen molar-refractivity contribution >= 4 is 12.6 Å². The third-order valence-electron chi connectivity index (χ3n) is 2.41. The summed E-state index contributed by atoms with van der Waals surface area (Å²) in [5, 5.41) is 10.9. The summed E-state index contributed by atoms with van der Waals surface area (Å²) in [6.07, 6.45) is 1.17. The van der Waals surface area contributed by atoms with Gasteiger partial charge in [0.05, 0.1) is 0 Å². The first kappa shape index (κ1) is 10.3. The van der Waals surface area contributed by atoms with Gasteiger partial charge < -0.3 is 10.1 Å². The predicted molar refractivity (Wildman–Crippen MR) is 52.8 cm³/mol. The van der Waals surface area contributed by atoms with Crippen molar-refractivity contribution in [2.75, 3.05) is 26.7 Å². The highest BCUT2D eigenvalue weighted by Gasteiger charge is 2.21. The molecule has 1 rings (SSSR count). The zero-order valence-corrected chi connectivity index (χ0v) is 8.67. The Labute approximate surface area is 79.7 Å². The molecule has 0 amide bonds. The Kier molecular flexibility index (Phi) is 3.83. The smallest absolute Gasteiger partial charge is 0.0446 e. The highest BCUT2D eigenvalue weighted by atomic mass is 32.1. The number of likely N-dealkylation sites (tertiary alicyclic amines) is 1. The van der Waals surface area contributed by atoms with E-state index < -0.39 is 0 Å². The number of hydrogen-bond acceptors (Lipinski definition) is 4. The van der Waals surface area contributed by atoms with Gasteiger partial charge in [0.25, 0.3) is 0 Å². The first-order valence-corrected chi connectivity index (χ1v) is 4.93. The lowest BCUT2D eigenvalue weighted by molar-refractivity contribution is -0.102. The molecule has 1 saturated heterocycles. The van der Waals surface area contributed by atoms with Crippen LogP contribution in [0.4, 0.5) is 0 Å². The van der Waals surface area contributed by atoms with Crippen molar-refractivity contribution in [3.8, 4) is 0 Å². The van der Waals surface area contributed by atoms with Gasteiger partial charge in [0.15, 0.2) is 0 Å². The number of hydroxylamine groups is 2. The zero-order valence-electron chi connectivity index (χ0n) is 7.77. The van der Waals surface area contributed by atoms with Crippen molar-refractivity contribution in [3.05, 3.63) is 0 Å². The van der Waals surface area contributed by atoms with Crippen LogP contribution in [0.5, 0.6) is 0 Å². The molecule has 2 atom stereocenters. The van der Waals surface area contributed by atoms with E-state index >= 15 is 0 Å². The minimum Gasteiger partial charge on any atom is -0.314 e. The molecule has 0 aromatic rings. The monoisotopic (exact) mass is 190 g/mol. The van der Waals surface area contributed by atoms with E-state index in [4.69, 9.17) is 5.21 Å². The van der Waals surface area contributed by atoms with Crippen LogP contribution in [-0.2, 0) is 0 Å². The van der Waals surface area contributed by atoms with Crippen LogP contribution in [0.1, 0.15) is 13.3 Å². The maximum absolute atomic E-state index is 9.13. The highest BCUT2D eigenvalue weighted by molar-refractivity contribution is 7.81. The first-order valence-electron chi connectivity index (χ1n) is 4.41. The summed E-state index contributed by atoms with van der Waals surface area (Å²) in [7, 11) is 1.69. The molecule has 2 unspecified atom stereocenters. The van der Waals surface area contributed by atoms with Crippen LogP contribution in [0.15, 0.2) is 0 Å². The van der Waals surface area contributed by atoms with E-state index in [0.29, 0.717) is 5.25 Å². The van der Waals surface area contributed by atoms with Gasteiger partial charge in [0, 0.05) is 31.4 Å². The minimum atomic E-state index is 0.212. The van der Waals surface area contributed by atoms with Gasteiger partial charge >= 0.3 is 0 Å². The number of hydrogen-bond donors (Lipinski definition) is 2. The molecule has 0 bridgehead atoms. The molecule has 0 radical (unpaired) electrons. The topological polar surface area (TPSA) is 26.7 Å². The molecule has 0 aromatic heterocycles. The largest absolute Gasteiger partial charge is 0.314 e. The molecule has 0 aromatic carbocycles. The number of nitrogens with zero attached hydrogens (tertiary/aromatic N) is 2. The number of thiol groups is 1. The van der Waals surface area contributed by atoms with E-state index in [1.54, 1.807) is 7.05 Å². The maximum Gasteiger partial charge on any atom is 0.0446 e. The molecule has 1 fully saturated rings. The lowest BCUT2D eigenvalue weighted by atomic mass is 10.3. The maximum atomic E-state index is 9.13. The Morgan fingerprint density at radius 3 is 2.83 bits per heavy atom. The molecular formula is C8H18N2OS. The molecule has 1 heterocycles. The van der Waals surface area contributed by atoms with Crippen LogP contribution in [0.25, 0.3) is 0 Å². The molecule has 0 spiro atoms. The Hall–Kier alpha value is 0.230. The first-order chi connectivity index (χ1) is 5.59. The van der Waals surface area contributed by atoms with Gasteiger partial charge in [-0.15, -0.1) is 0 Å². The quantitative estimate of drug-likeness (QED) is 0.506. The van der Waals surface area contributed by atoms with Gasteiger partial charge in [-0.1, -0.05) is 0 Å². The van der Waals surface area contributed by atoms with E-state index in [1.165, 1.54) is 11.5 Å². The van der Waals surface area contributed by atoms with E-state index in [1.807, 2.05) is 6.92 Å². The van der Waals surface area contributed by atoms with E-state index in [9.17, 15) is 0 Å². The average Bonchev–Trinajstić information content (AvgIpc) is 2.35. The van der Waals surface area contributed by atoms with Crippen molar-refractivity contribution in [2.45, 2.75) is 24.6 Å². The van der Waals surface area contributed by atoms with Gasteiger partial charge in [0.1, 0.15) is 0 Å². The normalized spacial score (nSPS) is 28.2. The Bertz CT molecular complexity index is 143. The van der Waals surface area contributed by atoms with Crippen molar-refractivity contribution < 1.29 is 5.21 Å². The van der Waals surface area contributed by atoms with Crippen LogP contribution in [-0.4, -0.2) is 53.1 Å². The average molecular weight is 190 g/mol. The summed E-state index contributed by atoms with van der Waals surface area (Å²) in [6.45, 7) is 5.13. The van der Waals surface area contributed by atoms with Crippen molar-refractivity contribution in [1.29, 1.82) is 0 Å². The van der Waals surface area contributed by atoms with Crippen LogP contribution in [0.3, 0.4) is 0 Å². The fourth-order valence-electron chi connectivity index (χ4n) is 1.47. The SMILES string of the molecule is CC(CN1CCC(S)C1)N(C)O. The Balaban J connectivity index is 2.23. The standard InChI is InChI=1S/C8H18N2OS/c1-7(9(2)11)5-10-4-3-8(12)6-10/h7-8,11-12H,3-6H2,1-2H3. The molecule has 1 aliphatic rings. The summed E-state index contributed by atoms with van der Waals surface area (Å²) < 4.78 is 0. The molecular weight excluding hydrogens is 172 g/mol. The van der Waals surface area contributed by atoms with Crippen LogP contribution >= 0.6 is 12.6 Å². The van der Waals surface area contributed by atoms with Gasteiger partial charge in [0.2, 0.25) is 0 Å². The van der Waals surface area contributed by atoms with E-state index in [-0.39, 0.29) is 6.04 Å². The van der Waals surface area contributed by atoms with Crippen molar-refractivity contribution in [2.24, 2.45) is 0 Å².